The molecule has 0 saturated carbocycles. The van der Waals surface area contributed by atoms with Gasteiger partial charge in [0.05, 0.1) is 18.4 Å². The van der Waals surface area contributed by atoms with Gasteiger partial charge in [-0.1, -0.05) is 12.1 Å². The van der Waals surface area contributed by atoms with Crippen LogP contribution < -0.4 is 5.32 Å². The fourth-order valence-corrected chi connectivity index (χ4v) is 1.15. The zero-order valence-electron chi connectivity index (χ0n) is 8.74. The van der Waals surface area contributed by atoms with Crippen molar-refractivity contribution in [3.8, 4) is 0 Å². The summed E-state index contributed by atoms with van der Waals surface area (Å²) in [5.41, 5.74) is 0.396. The summed E-state index contributed by atoms with van der Waals surface area (Å²) in [5, 5.41) is 12.2. The molecule has 0 bridgehead atoms. The van der Waals surface area contributed by atoms with Gasteiger partial charge in [0, 0.05) is 13.2 Å². The highest BCUT2D eigenvalue weighted by molar-refractivity contribution is 5.44. The van der Waals surface area contributed by atoms with E-state index >= 15 is 0 Å². The van der Waals surface area contributed by atoms with Crippen molar-refractivity contribution in [1.82, 2.24) is 0 Å². The molecule has 0 amide bonds. The summed E-state index contributed by atoms with van der Waals surface area (Å²) in [6.45, 7) is 2.96. The van der Waals surface area contributed by atoms with Crippen molar-refractivity contribution < 1.29 is 14.2 Å². The summed E-state index contributed by atoms with van der Waals surface area (Å²) in [6.07, 6.45) is -0.621. The number of benzene rings is 1. The number of halogens is 1. The number of para-hydroxylation sites is 1. The van der Waals surface area contributed by atoms with E-state index in [2.05, 4.69) is 5.32 Å². The molecule has 15 heavy (non-hydrogen) atoms. The lowest BCUT2D eigenvalue weighted by Gasteiger charge is -2.12. The van der Waals surface area contributed by atoms with E-state index in [1.807, 2.05) is 6.92 Å². The number of ether oxygens (including phenoxy) is 1. The van der Waals surface area contributed by atoms with Crippen LogP contribution in [0.2, 0.25) is 0 Å². The molecular formula is C11H16FNO2. The highest BCUT2D eigenvalue weighted by atomic mass is 19.1. The molecular weight excluding hydrogens is 197 g/mol. The number of aliphatic hydroxyl groups excluding tert-OH is 1. The van der Waals surface area contributed by atoms with Crippen molar-refractivity contribution in [3.63, 3.8) is 0 Å². The molecule has 0 heterocycles. The Morgan fingerprint density at radius 3 is 2.87 bits per heavy atom. The number of nitrogens with one attached hydrogen (secondary N) is 1. The molecule has 0 aliphatic rings. The largest absolute Gasteiger partial charge is 0.389 e. The number of aliphatic hydroxyl groups is 1. The van der Waals surface area contributed by atoms with Crippen molar-refractivity contribution in [3.05, 3.63) is 30.1 Å². The highest BCUT2D eigenvalue weighted by Crippen LogP contribution is 2.11. The van der Waals surface area contributed by atoms with Gasteiger partial charge in [-0.05, 0) is 19.1 Å². The molecule has 2 N–H and O–H groups in total. The second kappa shape index (κ2) is 6.37. The molecule has 1 aromatic carbocycles. The van der Waals surface area contributed by atoms with Gasteiger partial charge < -0.3 is 15.2 Å². The predicted octanol–water partition coefficient (Wildman–Crippen LogP) is 1.64. The van der Waals surface area contributed by atoms with Crippen molar-refractivity contribution in [2.24, 2.45) is 0 Å². The average molecular weight is 213 g/mol. The quantitative estimate of drug-likeness (QED) is 0.754. The molecule has 84 valence electrons. The smallest absolute Gasteiger partial charge is 0.146 e. The molecule has 0 aliphatic heterocycles. The second-order valence-corrected chi connectivity index (χ2v) is 3.17. The van der Waals surface area contributed by atoms with E-state index in [1.165, 1.54) is 6.07 Å². The third-order valence-electron chi connectivity index (χ3n) is 1.92. The summed E-state index contributed by atoms with van der Waals surface area (Å²) in [6, 6.07) is 6.36. The monoisotopic (exact) mass is 213 g/mol. The first-order valence-electron chi connectivity index (χ1n) is 4.98. The summed E-state index contributed by atoms with van der Waals surface area (Å²) >= 11 is 0. The Labute approximate surface area is 88.9 Å². The Morgan fingerprint density at radius 2 is 2.20 bits per heavy atom. The number of rotatable bonds is 6. The Bertz CT molecular complexity index is 294. The summed E-state index contributed by atoms with van der Waals surface area (Å²) in [7, 11) is 0. The Hall–Kier alpha value is -1.13. The van der Waals surface area contributed by atoms with Crippen LogP contribution in [0.1, 0.15) is 6.92 Å². The lowest BCUT2D eigenvalue weighted by atomic mass is 10.3. The zero-order chi connectivity index (χ0) is 11.1. The molecule has 0 radical (unpaired) electrons. The molecule has 0 aromatic heterocycles. The van der Waals surface area contributed by atoms with Gasteiger partial charge in [0.2, 0.25) is 0 Å². The van der Waals surface area contributed by atoms with Gasteiger partial charge in [-0.3, -0.25) is 0 Å². The number of hydrogen-bond donors (Lipinski definition) is 2. The minimum absolute atomic E-state index is 0.262. The van der Waals surface area contributed by atoms with Crippen LogP contribution in [0.5, 0.6) is 0 Å². The van der Waals surface area contributed by atoms with Crippen LogP contribution in [0.25, 0.3) is 0 Å². The first-order chi connectivity index (χ1) is 7.24. The molecule has 0 saturated heterocycles. The lowest BCUT2D eigenvalue weighted by molar-refractivity contribution is 0.0495. The minimum Gasteiger partial charge on any atom is -0.389 e. The van der Waals surface area contributed by atoms with Crippen molar-refractivity contribution in [2.75, 3.05) is 25.1 Å². The third kappa shape index (κ3) is 4.27. The maximum atomic E-state index is 13.1. The van der Waals surface area contributed by atoms with Crippen LogP contribution in [0.15, 0.2) is 24.3 Å². The summed E-state index contributed by atoms with van der Waals surface area (Å²) < 4.78 is 18.1. The maximum Gasteiger partial charge on any atom is 0.146 e. The molecule has 0 aliphatic carbocycles. The zero-order valence-corrected chi connectivity index (χ0v) is 8.74. The van der Waals surface area contributed by atoms with Gasteiger partial charge in [0.15, 0.2) is 0 Å². The van der Waals surface area contributed by atoms with Gasteiger partial charge in [-0.2, -0.15) is 0 Å². The van der Waals surface area contributed by atoms with Crippen LogP contribution in [0, 0.1) is 5.82 Å². The van der Waals surface area contributed by atoms with E-state index in [9.17, 15) is 9.50 Å². The van der Waals surface area contributed by atoms with E-state index in [-0.39, 0.29) is 19.0 Å². The molecule has 3 nitrogen and oxygen atoms in total. The Morgan fingerprint density at radius 1 is 1.47 bits per heavy atom. The van der Waals surface area contributed by atoms with Crippen molar-refractivity contribution in [1.29, 1.82) is 0 Å². The van der Waals surface area contributed by atoms with E-state index in [0.29, 0.717) is 12.3 Å². The average Bonchev–Trinajstić information content (AvgIpc) is 2.25. The van der Waals surface area contributed by atoms with Crippen LogP contribution in [-0.2, 0) is 4.74 Å². The van der Waals surface area contributed by atoms with Crippen LogP contribution in [-0.4, -0.2) is 31.0 Å². The Balaban J connectivity index is 2.33. The minimum atomic E-state index is -0.621. The van der Waals surface area contributed by atoms with Gasteiger partial charge in [-0.25, -0.2) is 4.39 Å². The Kier molecular flexibility index (Phi) is 5.07. The van der Waals surface area contributed by atoms with Crippen molar-refractivity contribution >= 4 is 5.69 Å². The van der Waals surface area contributed by atoms with E-state index in [1.54, 1.807) is 18.2 Å². The topological polar surface area (TPSA) is 41.5 Å². The van der Waals surface area contributed by atoms with Gasteiger partial charge in [0.1, 0.15) is 5.82 Å². The highest BCUT2D eigenvalue weighted by Gasteiger charge is 2.05. The normalized spacial score (nSPS) is 12.5. The molecule has 0 spiro atoms. The molecule has 1 atom stereocenters. The maximum absolute atomic E-state index is 13.1. The first kappa shape index (κ1) is 11.9. The number of hydrogen-bond acceptors (Lipinski definition) is 3. The standard InChI is InChI=1S/C11H16FNO2/c1-2-15-8-9(14)7-13-11-6-4-3-5-10(11)12/h3-6,9,13-14H,2,7-8H2,1H3. The number of anilines is 1. The van der Waals surface area contributed by atoms with Crippen LogP contribution in [0.3, 0.4) is 0 Å². The van der Waals surface area contributed by atoms with E-state index in [4.69, 9.17) is 4.74 Å². The molecule has 0 fully saturated rings. The van der Waals surface area contributed by atoms with Gasteiger partial charge in [-0.15, -0.1) is 0 Å². The molecule has 1 aromatic rings. The third-order valence-corrected chi connectivity index (χ3v) is 1.92. The summed E-state index contributed by atoms with van der Waals surface area (Å²) in [5.74, 6) is -0.318. The fraction of sp³-hybridized carbons (Fsp3) is 0.455. The lowest BCUT2D eigenvalue weighted by Crippen LogP contribution is -2.25. The van der Waals surface area contributed by atoms with E-state index < -0.39 is 6.10 Å². The van der Waals surface area contributed by atoms with Gasteiger partial charge >= 0.3 is 0 Å². The van der Waals surface area contributed by atoms with E-state index in [0.717, 1.165) is 0 Å². The molecule has 4 heteroatoms. The van der Waals surface area contributed by atoms with Crippen LogP contribution >= 0.6 is 0 Å². The summed E-state index contributed by atoms with van der Waals surface area (Å²) in [4.78, 5) is 0. The SMILES string of the molecule is CCOCC(O)CNc1ccccc1F. The molecule has 1 rings (SSSR count). The second-order valence-electron chi connectivity index (χ2n) is 3.17. The van der Waals surface area contributed by atoms with Crippen LogP contribution in [0.4, 0.5) is 10.1 Å². The molecule has 1 unspecified atom stereocenters. The first-order valence-corrected chi connectivity index (χ1v) is 4.98. The predicted molar refractivity (Wildman–Crippen MR) is 57.4 cm³/mol. The fourth-order valence-electron chi connectivity index (χ4n) is 1.15. The van der Waals surface area contributed by atoms with Crippen molar-refractivity contribution in [2.45, 2.75) is 13.0 Å². The van der Waals surface area contributed by atoms with Gasteiger partial charge in [0.25, 0.3) is 0 Å².